The molecule has 21 heavy (non-hydrogen) atoms. The highest BCUT2D eigenvalue weighted by atomic mass is 35.5. The van der Waals surface area contributed by atoms with Crippen molar-refractivity contribution in [2.75, 3.05) is 12.0 Å². The molecule has 1 aromatic rings. The zero-order valence-corrected chi connectivity index (χ0v) is 13.6. The second kappa shape index (κ2) is 6.52. The van der Waals surface area contributed by atoms with E-state index >= 15 is 0 Å². The van der Waals surface area contributed by atoms with Gasteiger partial charge in [0.2, 0.25) is 0 Å². The van der Waals surface area contributed by atoms with E-state index in [1.165, 1.54) is 6.26 Å². The highest BCUT2D eigenvalue weighted by molar-refractivity contribution is 7.91. The van der Waals surface area contributed by atoms with Crippen LogP contribution in [-0.2, 0) is 9.84 Å². The first-order valence-corrected chi connectivity index (χ1v) is 9.36. The third-order valence-corrected chi connectivity index (χ3v) is 6.18. The van der Waals surface area contributed by atoms with Crippen molar-refractivity contribution in [3.63, 3.8) is 0 Å². The number of halogens is 1. The van der Waals surface area contributed by atoms with Gasteiger partial charge in [-0.25, -0.2) is 8.42 Å². The van der Waals surface area contributed by atoms with Gasteiger partial charge in [-0.1, -0.05) is 24.1 Å². The van der Waals surface area contributed by atoms with Gasteiger partial charge in [-0.15, -0.1) is 0 Å². The first-order chi connectivity index (χ1) is 9.82. The van der Waals surface area contributed by atoms with Crippen LogP contribution in [-0.4, -0.2) is 19.9 Å². The number of rotatable bonds is 4. The molecule has 0 radical (unpaired) electrons. The molecule has 1 saturated carbocycles. The third-order valence-electron chi connectivity index (χ3n) is 4.31. The Labute approximate surface area is 130 Å². The second-order valence-electron chi connectivity index (χ2n) is 5.80. The summed E-state index contributed by atoms with van der Waals surface area (Å²) in [6.45, 7) is 0. The third kappa shape index (κ3) is 3.88. The van der Waals surface area contributed by atoms with Crippen molar-refractivity contribution in [2.24, 2.45) is 11.8 Å². The van der Waals surface area contributed by atoms with E-state index in [1.54, 1.807) is 12.1 Å². The second-order valence-corrected chi connectivity index (χ2v) is 8.56. The minimum Gasteiger partial charge on any atom is -0.398 e. The maximum absolute atomic E-state index is 11.8. The van der Waals surface area contributed by atoms with E-state index in [1.807, 2.05) is 6.07 Å². The molecule has 1 aliphatic rings. The van der Waals surface area contributed by atoms with Crippen LogP contribution in [0.25, 0.3) is 0 Å². The summed E-state index contributed by atoms with van der Waals surface area (Å²) in [6.07, 6.45) is 4.46. The monoisotopic (exact) mass is 331 g/mol. The molecule has 0 amide bonds. The van der Waals surface area contributed by atoms with E-state index in [4.69, 9.17) is 23.2 Å². The van der Waals surface area contributed by atoms with Crippen molar-refractivity contribution >= 4 is 27.1 Å². The minimum absolute atomic E-state index is 0.145. The largest absolute Gasteiger partial charge is 0.398 e. The van der Waals surface area contributed by atoms with Crippen LogP contribution < -0.4 is 17.0 Å². The zero-order valence-electron chi connectivity index (χ0n) is 12.0. The molecule has 3 unspecified atom stereocenters. The van der Waals surface area contributed by atoms with E-state index in [2.05, 4.69) is 5.43 Å². The molecule has 118 valence electrons. The van der Waals surface area contributed by atoms with E-state index in [-0.39, 0.29) is 17.2 Å². The van der Waals surface area contributed by atoms with Gasteiger partial charge < -0.3 is 5.73 Å². The fraction of sp³-hybridized carbons (Fsp3) is 0.571. The van der Waals surface area contributed by atoms with Crippen LogP contribution in [0, 0.1) is 5.92 Å². The molecule has 1 aliphatic carbocycles. The summed E-state index contributed by atoms with van der Waals surface area (Å²) in [7, 11) is -3.02. The van der Waals surface area contributed by atoms with Gasteiger partial charge in [0.05, 0.1) is 11.3 Å². The molecule has 0 bridgehead atoms. The standard InChI is InChI=1S/C14H22ClN3O2S/c1-21(19,20)11-4-2-3-9(7-11)14(18-17)12-6-5-10(15)8-13(12)16/h5-6,8-9,11,14,18H,2-4,7,16-17H2,1H3. The smallest absolute Gasteiger partial charge is 0.150 e. The molecule has 1 aromatic carbocycles. The summed E-state index contributed by atoms with van der Waals surface area (Å²) in [4.78, 5) is 0. The van der Waals surface area contributed by atoms with Crippen LogP contribution in [0.5, 0.6) is 0 Å². The average Bonchev–Trinajstić information content (AvgIpc) is 2.41. The summed E-state index contributed by atoms with van der Waals surface area (Å²) in [5, 5.41) is 0.283. The Hall–Kier alpha value is -0.820. The summed E-state index contributed by atoms with van der Waals surface area (Å²) in [5.74, 6) is 5.85. The first kappa shape index (κ1) is 16.5. The molecule has 3 atom stereocenters. The van der Waals surface area contributed by atoms with Crippen LogP contribution in [0.3, 0.4) is 0 Å². The Kier molecular flexibility index (Phi) is 5.14. The van der Waals surface area contributed by atoms with Crippen LogP contribution >= 0.6 is 11.6 Å². The first-order valence-electron chi connectivity index (χ1n) is 7.03. The molecule has 0 spiro atoms. The number of benzene rings is 1. The van der Waals surface area contributed by atoms with Crippen molar-refractivity contribution in [3.8, 4) is 0 Å². The van der Waals surface area contributed by atoms with Gasteiger partial charge in [0, 0.05) is 17.0 Å². The highest BCUT2D eigenvalue weighted by Gasteiger charge is 2.33. The molecular formula is C14H22ClN3O2S. The molecular weight excluding hydrogens is 310 g/mol. The molecule has 5 N–H and O–H groups in total. The van der Waals surface area contributed by atoms with Crippen LogP contribution in [0.1, 0.15) is 37.3 Å². The zero-order chi connectivity index (χ0) is 15.6. The van der Waals surface area contributed by atoms with Crippen LogP contribution in [0.2, 0.25) is 5.02 Å². The maximum Gasteiger partial charge on any atom is 0.150 e. The SMILES string of the molecule is CS(=O)(=O)C1CCCC(C(NN)c2ccc(Cl)cc2N)C1. The van der Waals surface area contributed by atoms with Crippen molar-refractivity contribution in [3.05, 3.63) is 28.8 Å². The van der Waals surface area contributed by atoms with E-state index in [9.17, 15) is 8.42 Å². The molecule has 2 rings (SSSR count). The summed E-state index contributed by atoms with van der Waals surface area (Å²) >= 11 is 5.92. The quantitative estimate of drug-likeness (QED) is 0.445. The molecule has 0 heterocycles. The van der Waals surface area contributed by atoms with Crippen molar-refractivity contribution in [2.45, 2.75) is 37.0 Å². The summed E-state index contributed by atoms with van der Waals surface area (Å²) < 4.78 is 23.6. The van der Waals surface area contributed by atoms with E-state index < -0.39 is 9.84 Å². The van der Waals surface area contributed by atoms with Gasteiger partial charge in [-0.3, -0.25) is 11.3 Å². The Morgan fingerprint density at radius 1 is 1.38 bits per heavy atom. The van der Waals surface area contributed by atoms with Crippen molar-refractivity contribution < 1.29 is 8.42 Å². The van der Waals surface area contributed by atoms with E-state index in [0.717, 1.165) is 24.8 Å². The predicted octanol–water partition coefficient (Wildman–Crippen LogP) is 2.03. The number of hydrazine groups is 1. The van der Waals surface area contributed by atoms with Crippen LogP contribution in [0.15, 0.2) is 18.2 Å². The maximum atomic E-state index is 11.8. The Morgan fingerprint density at radius 3 is 2.67 bits per heavy atom. The number of hydrogen-bond acceptors (Lipinski definition) is 5. The summed E-state index contributed by atoms with van der Waals surface area (Å²) in [5.41, 5.74) is 10.3. The lowest BCUT2D eigenvalue weighted by Crippen LogP contribution is -2.38. The lowest BCUT2D eigenvalue weighted by Gasteiger charge is -2.34. The fourth-order valence-electron chi connectivity index (χ4n) is 3.18. The normalized spacial score (nSPS) is 24.7. The molecule has 0 saturated heterocycles. The molecule has 0 aliphatic heterocycles. The number of sulfone groups is 1. The van der Waals surface area contributed by atoms with Crippen molar-refractivity contribution in [1.82, 2.24) is 5.43 Å². The van der Waals surface area contributed by atoms with Gasteiger partial charge in [0.25, 0.3) is 0 Å². The highest BCUT2D eigenvalue weighted by Crippen LogP contribution is 2.38. The van der Waals surface area contributed by atoms with Crippen molar-refractivity contribution in [1.29, 1.82) is 0 Å². The Morgan fingerprint density at radius 2 is 2.10 bits per heavy atom. The number of nitrogens with one attached hydrogen (secondary N) is 1. The fourth-order valence-corrected chi connectivity index (χ4v) is 4.55. The Bertz CT molecular complexity index is 606. The number of nitrogens with two attached hydrogens (primary N) is 2. The topological polar surface area (TPSA) is 98.2 Å². The van der Waals surface area contributed by atoms with Gasteiger partial charge in [-0.05, 0) is 42.9 Å². The molecule has 0 aromatic heterocycles. The van der Waals surface area contributed by atoms with Gasteiger partial charge in [-0.2, -0.15) is 0 Å². The average molecular weight is 332 g/mol. The molecule has 7 heteroatoms. The van der Waals surface area contributed by atoms with Crippen LogP contribution in [0.4, 0.5) is 5.69 Å². The lowest BCUT2D eigenvalue weighted by molar-refractivity contribution is 0.275. The number of anilines is 1. The number of nitrogen functional groups attached to an aromatic ring is 1. The molecule has 5 nitrogen and oxygen atoms in total. The minimum atomic E-state index is -3.02. The van der Waals surface area contributed by atoms with Gasteiger partial charge in [0.1, 0.15) is 9.84 Å². The number of hydrogen-bond donors (Lipinski definition) is 3. The molecule has 1 fully saturated rings. The predicted molar refractivity (Wildman–Crippen MR) is 86.5 cm³/mol. The van der Waals surface area contributed by atoms with E-state index in [0.29, 0.717) is 17.1 Å². The summed E-state index contributed by atoms with van der Waals surface area (Å²) in [6, 6.07) is 5.16. The van der Waals surface area contributed by atoms with Gasteiger partial charge >= 0.3 is 0 Å². The Balaban J connectivity index is 2.24. The van der Waals surface area contributed by atoms with Gasteiger partial charge in [0.15, 0.2) is 0 Å². The lowest BCUT2D eigenvalue weighted by atomic mass is 9.80.